The topological polar surface area (TPSA) is 49.4 Å². The van der Waals surface area contributed by atoms with E-state index in [1.165, 1.54) is 0 Å². The number of benzene rings is 1. The van der Waals surface area contributed by atoms with Crippen LogP contribution < -0.4 is 5.32 Å². The summed E-state index contributed by atoms with van der Waals surface area (Å²) in [6.45, 7) is 4.09. The summed E-state index contributed by atoms with van der Waals surface area (Å²) in [6, 6.07) is 4.76. The second-order valence-electron chi connectivity index (χ2n) is 4.82. The predicted octanol–water partition coefficient (Wildman–Crippen LogP) is 3.60. The van der Waals surface area contributed by atoms with Crippen LogP contribution in [0.1, 0.15) is 32.3 Å². The summed E-state index contributed by atoms with van der Waals surface area (Å²) in [7, 11) is 0. The summed E-state index contributed by atoms with van der Waals surface area (Å²) in [6.07, 6.45) is 1.12. The molecule has 0 aromatic heterocycles. The number of carbonyl (C=O) groups is 2. The molecule has 4 nitrogen and oxygen atoms in total. The average molecular weight is 315 g/mol. The highest BCUT2D eigenvalue weighted by molar-refractivity contribution is 6.35. The maximum absolute atomic E-state index is 12.1. The molecule has 108 valence electrons. The number of hydrogen-bond acceptors (Lipinski definition) is 2. The van der Waals surface area contributed by atoms with Crippen LogP contribution in [0.25, 0.3) is 0 Å². The van der Waals surface area contributed by atoms with Gasteiger partial charge in [0, 0.05) is 16.6 Å². The maximum Gasteiger partial charge on any atom is 0.325 e. The third-order valence-electron chi connectivity index (χ3n) is 3.92. The largest absolute Gasteiger partial charge is 0.325 e. The highest BCUT2D eigenvalue weighted by Crippen LogP contribution is 2.32. The summed E-state index contributed by atoms with van der Waals surface area (Å²) in [5.41, 5.74) is -0.0211. The molecule has 0 atom stereocenters. The summed E-state index contributed by atoms with van der Waals surface area (Å²) >= 11 is 12.0. The van der Waals surface area contributed by atoms with Gasteiger partial charge in [-0.05, 0) is 30.5 Å². The van der Waals surface area contributed by atoms with Crippen molar-refractivity contribution >= 4 is 35.1 Å². The van der Waals surface area contributed by atoms with Gasteiger partial charge in [-0.25, -0.2) is 4.79 Å². The first-order chi connectivity index (χ1) is 9.44. The van der Waals surface area contributed by atoms with Crippen LogP contribution in [-0.2, 0) is 11.3 Å². The van der Waals surface area contributed by atoms with E-state index in [9.17, 15) is 9.59 Å². The smallest absolute Gasteiger partial charge is 0.305 e. The second-order valence-corrected chi connectivity index (χ2v) is 5.66. The van der Waals surface area contributed by atoms with E-state index in [0.29, 0.717) is 22.9 Å². The Balaban J connectivity index is 2.35. The molecule has 0 aliphatic carbocycles. The Bertz CT molecular complexity index is 556. The molecule has 1 heterocycles. The number of nitrogens with one attached hydrogen (secondary N) is 1. The van der Waals surface area contributed by atoms with Crippen molar-refractivity contribution in [3.63, 3.8) is 0 Å². The van der Waals surface area contributed by atoms with E-state index < -0.39 is 5.54 Å². The normalized spacial score (nSPS) is 17.5. The molecule has 1 aromatic carbocycles. The SMILES string of the molecule is CCC1(CC)C(=O)NC(=O)N1Cc1ccc(Cl)cc1Cl. The highest BCUT2D eigenvalue weighted by Gasteiger charge is 2.50. The fraction of sp³-hybridized carbons (Fsp3) is 0.429. The van der Waals surface area contributed by atoms with Gasteiger partial charge in [-0.3, -0.25) is 10.1 Å². The molecular formula is C14H16Cl2N2O2. The van der Waals surface area contributed by atoms with Crippen LogP contribution in [-0.4, -0.2) is 22.4 Å². The van der Waals surface area contributed by atoms with Gasteiger partial charge in [0.25, 0.3) is 5.91 Å². The van der Waals surface area contributed by atoms with E-state index >= 15 is 0 Å². The minimum atomic E-state index is -0.792. The van der Waals surface area contributed by atoms with Crippen LogP contribution in [0.5, 0.6) is 0 Å². The van der Waals surface area contributed by atoms with Gasteiger partial charge in [-0.1, -0.05) is 43.1 Å². The lowest BCUT2D eigenvalue weighted by Gasteiger charge is -2.33. The van der Waals surface area contributed by atoms with Crippen molar-refractivity contribution in [1.82, 2.24) is 10.2 Å². The van der Waals surface area contributed by atoms with Crippen molar-refractivity contribution in [2.45, 2.75) is 38.8 Å². The van der Waals surface area contributed by atoms with Crippen molar-refractivity contribution in [2.24, 2.45) is 0 Å². The number of hydrogen-bond donors (Lipinski definition) is 1. The molecule has 0 radical (unpaired) electrons. The zero-order valence-corrected chi connectivity index (χ0v) is 12.9. The first-order valence-corrected chi connectivity index (χ1v) is 7.27. The number of amides is 3. The van der Waals surface area contributed by atoms with Crippen molar-refractivity contribution in [3.05, 3.63) is 33.8 Å². The quantitative estimate of drug-likeness (QED) is 0.863. The van der Waals surface area contributed by atoms with E-state index in [1.807, 2.05) is 13.8 Å². The van der Waals surface area contributed by atoms with Crippen LogP contribution in [0.4, 0.5) is 4.79 Å². The minimum Gasteiger partial charge on any atom is -0.305 e. The van der Waals surface area contributed by atoms with E-state index in [0.717, 1.165) is 5.56 Å². The highest BCUT2D eigenvalue weighted by atomic mass is 35.5. The Hall–Kier alpha value is -1.26. The Kier molecular flexibility index (Phi) is 4.25. The number of rotatable bonds is 4. The van der Waals surface area contributed by atoms with Crippen LogP contribution in [0.3, 0.4) is 0 Å². The number of imide groups is 1. The summed E-state index contributed by atoms with van der Waals surface area (Å²) in [5.74, 6) is -0.238. The zero-order chi connectivity index (χ0) is 14.9. The third-order valence-corrected chi connectivity index (χ3v) is 4.51. The van der Waals surface area contributed by atoms with E-state index in [1.54, 1.807) is 23.1 Å². The molecular weight excluding hydrogens is 299 g/mol. The molecule has 1 aliphatic heterocycles. The predicted molar refractivity (Wildman–Crippen MR) is 78.9 cm³/mol. The molecule has 20 heavy (non-hydrogen) atoms. The van der Waals surface area contributed by atoms with Gasteiger partial charge in [-0.2, -0.15) is 0 Å². The zero-order valence-electron chi connectivity index (χ0n) is 11.4. The van der Waals surface area contributed by atoms with Gasteiger partial charge in [0.1, 0.15) is 5.54 Å². The molecule has 1 aliphatic rings. The monoisotopic (exact) mass is 314 g/mol. The summed E-state index contributed by atoms with van der Waals surface area (Å²) in [4.78, 5) is 25.7. The number of urea groups is 1. The molecule has 2 rings (SSSR count). The lowest BCUT2D eigenvalue weighted by Crippen LogP contribution is -2.48. The first kappa shape index (κ1) is 15.1. The fourth-order valence-corrected chi connectivity index (χ4v) is 3.06. The summed E-state index contributed by atoms with van der Waals surface area (Å²) in [5, 5.41) is 3.42. The molecule has 0 bridgehead atoms. The van der Waals surface area contributed by atoms with Gasteiger partial charge in [0.15, 0.2) is 0 Å². The molecule has 1 saturated heterocycles. The number of carbonyl (C=O) groups excluding carboxylic acids is 2. The standard InChI is InChI=1S/C14H16Cl2N2O2/c1-3-14(4-2)12(19)17-13(20)18(14)8-9-5-6-10(15)7-11(9)16/h5-7H,3-4,8H2,1-2H3,(H,17,19,20). The van der Waals surface area contributed by atoms with Crippen molar-refractivity contribution in [2.75, 3.05) is 0 Å². The molecule has 1 fully saturated rings. The number of nitrogens with zero attached hydrogens (tertiary/aromatic N) is 1. The Morgan fingerprint density at radius 3 is 2.40 bits per heavy atom. The maximum atomic E-state index is 12.1. The Morgan fingerprint density at radius 1 is 1.20 bits per heavy atom. The lowest BCUT2D eigenvalue weighted by atomic mass is 9.91. The lowest BCUT2D eigenvalue weighted by molar-refractivity contribution is -0.127. The Labute approximate surface area is 128 Å². The van der Waals surface area contributed by atoms with Gasteiger partial charge in [0.05, 0.1) is 0 Å². The van der Waals surface area contributed by atoms with E-state index in [2.05, 4.69) is 5.32 Å². The molecule has 0 unspecified atom stereocenters. The van der Waals surface area contributed by atoms with Gasteiger partial charge >= 0.3 is 6.03 Å². The van der Waals surface area contributed by atoms with Crippen LogP contribution >= 0.6 is 23.2 Å². The molecule has 6 heteroatoms. The number of halogens is 2. The first-order valence-electron chi connectivity index (χ1n) is 6.51. The van der Waals surface area contributed by atoms with Crippen molar-refractivity contribution in [1.29, 1.82) is 0 Å². The average Bonchev–Trinajstić information content (AvgIpc) is 2.64. The second kappa shape index (κ2) is 5.62. The summed E-state index contributed by atoms with van der Waals surface area (Å²) < 4.78 is 0. The molecule has 0 spiro atoms. The van der Waals surface area contributed by atoms with Crippen molar-refractivity contribution in [3.8, 4) is 0 Å². The van der Waals surface area contributed by atoms with Gasteiger partial charge in [0.2, 0.25) is 0 Å². The minimum absolute atomic E-state index is 0.238. The van der Waals surface area contributed by atoms with Crippen molar-refractivity contribution < 1.29 is 9.59 Å². The molecule has 3 amide bonds. The molecule has 0 saturated carbocycles. The van der Waals surface area contributed by atoms with E-state index in [4.69, 9.17) is 23.2 Å². The molecule has 1 aromatic rings. The van der Waals surface area contributed by atoms with Crippen LogP contribution in [0.2, 0.25) is 10.0 Å². The van der Waals surface area contributed by atoms with Crippen LogP contribution in [0, 0.1) is 0 Å². The Morgan fingerprint density at radius 2 is 1.85 bits per heavy atom. The van der Waals surface area contributed by atoms with E-state index in [-0.39, 0.29) is 18.5 Å². The van der Waals surface area contributed by atoms with Gasteiger partial charge in [-0.15, -0.1) is 0 Å². The fourth-order valence-electron chi connectivity index (χ4n) is 2.59. The molecule has 1 N–H and O–H groups in total. The van der Waals surface area contributed by atoms with Gasteiger partial charge < -0.3 is 4.90 Å². The van der Waals surface area contributed by atoms with Crippen LogP contribution in [0.15, 0.2) is 18.2 Å². The third kappa shape index (κ3) is 2.38.